The van der Waals surface area contributed by atoms with Crippen LogP contribution in [0.15, 0.2) is 36.9 Å². The van der Waals surface area contributed by atoms with Crippen molar-refractivity contribution in [1.82, 2.24) is 25.1 Å². The molecule has 1 atom stereocenters. The molecule has 2 aromatic heterocycles. The Labute approximate surface area is 130 Å². The van der Waals surface area contributed by atoms with E-state index in [1.54, 1.807) is 0 Å². The van der Waals surface area contributed by atoms with Gasteiger partial charge in [0.15, 0.2) is 6.04 Å². The fraction of sp³-hybridized carbons (Fsp3) is 0.333. The van der Waals surface area contributed by atoms with E-state index in [0.717, 1.165) is 39.5 Å². The molecule has 0 aliphatic rings. The Morgan fingerprint density at radius 1 is 1.35 bits per heavy atom. The summed E-state index contributed by atoms with van der Waals surface area (Å²) >= 11 is 0. The van der Waals surface area contributed by atoms with Gasteiger partial charge in [-0.3, -0.25) is 0 Å². The summed E-state index contributed by atoms with van der Waals surface area (Å²) in [5.74, 6) is 0. The molecule has 8 heteroatoms. The molecule has 0 bridgehead atoms. The molecule has 122 valence electrons. The van der Waals surface area contributed by atoms with Crippen LogP contribution in [-0.4, -0.2) is 32.5 Å². The summed E-state index contributed by atoms with van der Waals surface area (Å²) in [6.45, 7) is 2.04. The maximum atomic E-state index is 13.1. The number of nitrogens with zero attached hydrogens (tertiary/aromatic N) is 3. The molecule has 1 aromatic carbocycles. The molecule has 0 amide bonds. The van der Waals surface area contributed by atoms with Gasteiger partial charge >= 0.3 is 6.18 Å². The highest BCUT2D eigenvalue weighted by atomic mass is 19.4. The van der Waals surface area contributed by atoms with Crippen molar-refractivity contribution < 1.29 is 13.2 Å². The highest BCUT2D eigenvalue weighted by molar-refractivity contribution is 5.83. The zero-order valence-electron chi connectivity index (χ0n) is 12.4. The Balaban J connectivity index is 1.68. The van der Waals surface area contributed by atoms with Crippen molar-refractivity contribution >= 4 is 10.9 Å². The topological polar surface area (TPSA) is 58.5 Å². The third-order valence-electron chi connectivity index (χ3n) is 3.72. The zero-order valence-corrected chi connectivity index (χ0v) is 12.4. The number of H-pyrrole nitrogens is 1. The SMILES string of the molecule is Cc1cccc2[nH]c(CNCC(n3cncn3)C(F)(F)F)cc12. The maximum absolute atomic E-state index is 13.1. The minimum Gasteiger partial charge on any atom is -0.357 e. The van der Waals surface area contributed by atoms with Crippen LogP contribution in [0.3, 0.4) is 0 Å². The lowest BCUT2D eigenvalue weighted by molar-refractivity contribution is -0.169. The number of halogens is 3. The molecule has 2 heterocycles. The van der Waals surface area contributed by atoms with Gasteiger partial charge in [-0.15, -0.1) is 0 Å². The second-order valence-corrected chi connectivity index (χ2v) is 5.39. The Morgan fingerprint density at radius 2 is 2.17 bits per heavy atom. The minimum absolute atomic E-state index is 0.277. The molecule has 0 radical (unpaired) electrons. The summed E-state index contributed by atoms with van der Waals surface area (Å²) in [7, 11) is 0. The Morgan fingerprint density at radius 3 is 2.83 bits per heavy atom. The van der Waals surface area contributed by atoms with E-state index in [4.69, 9.17) is 0 Å². The maximum Gasteiger partial charge on any atom is 0.412 e. The molecule has 0 fully saturated rings. The van der Waals surface area contributed by atoms with Gasteiger partial charge in [-0.1, -0.05) is 12.1 Å². The average Bonchev–Trinajstić information content (AvgIpc) is 3.12. The summed E-state index contributed by atoms with van der Waals surface area (Å²) in [5, 5.41) is 7.51. The van der Waals surface area contributed by atoms with Crippen molar-refractivity contribution in [2.24, 2.45) is 0 Å². The normalized spacial score (nSPS) is 13.6. The molecule has 0 aliphatic carbocycles. The fourth-order valence-electron chi connectivity index (χ4n) is 2.54. The summed E-state index contributed by atoms with van der Waals surface area (Å²) in [4.78, 5) is 6.78. The van der Waals surface area contributed by atoms with Crippen LogP contribution in [0.4, 0.5) is 13.2 Å². The van der Waals surface area contributed by atoms with Gasteiger partial charge in [0.2, 0.25) is 0 Å². The van der Waals surface area contributed by atoms with Crippen molar-refractivity contribution in [3.8, 4) is 0 Å². The number of rotatable bonds is 5. The van der Waals surface area contributed by atoms with Crippen LogP contribution in [0, 0.1) is 6.92 Å². The third kappa shape index (κ3) is 3.37. The second-order valence-electron chi connectivity index (χ2n) is 5.39. The predicted molar refractivity (Wildman–Crippen MR) is 79.9 cm³/mol. The van der Waals surface area contributed by atoms with E-state index in [9.17, 15) is 13.2 Å². The second kappa shape index (κ2) is 6.04. The lowest BCUT2D eigenvalue weighted by Gasteiger charge is -2.20. The van der Waals surface area contributed by atoms with Crippen LogP contribution in [0.25, 0.3) is 10.9 Å². The summed E-state index contributed by atoms with van der Waals surface area (Å²) in [6.07, 6.45) is -2.22. The highest BCUT2D eigenvalue weighted by Crippen LogP contribution is 2.29. The van der Waals surface area contributed by atoms with E-state index in [2.05, 4.69) is 20.4 Å². The van der Waals surface area contributed by atoms with Gasteiger partial charge in [0, 0.05) is 29.7 Å². The summed E-state index contributed by atoms with van der Waals surface area (Å²) in [6, 6.07) is 6.10. The van der Waals surface area contributed by atoms with Crippen LogP contribution < -0.4 is 5.32 Å². The standard InChI is InChI=1S/C15H16F3N5/c1-10-3-2-4-13-12(10)5-11(22-13)6-19-7-14(15(16,17)18)23-9-20-8-21-23/h2-5,8-9,14,19,22H,6-7H2,1H3. The number of hydrogen-bond acceptors (Lipinski definition) is 3. The lowest BCUT2D eigenvalue weighted by Crippen LogP contribution is -2.36. The first-order valence-corrected chi connectivity index (χ1v) is 7.14. The van der Waals surface area contributed by atoms with Crippen molar-refractivity contribution in [3.63, 3.8) is 0 Å². The highest BCUT2D eigenvalue weighted by Gasteiger charge is 2.41. The molecule has 0 spiro atoms. The van der Waals surface area contributed by atoms with E-state index < -0.39 is 12.2 Å². The van der Waals surface area contributed by atoms with E-state index in [1.165, 1.54) is 0 Å². The first kappa shape index (κ1) is 15.5. The van der Waals surface area contributed by atoms with Gasteiger partial charge in [-0.25, -0.2) is 9.67 Å². The van der Waals surface area contributed by atoms with E-state index >= 15 is 0 Å². The van der Waals surface area contributed by atoms with Crippen molar-refractivity contribution in [2.45, 2.75) is 25.7 Å². The molecule has 23 heavy (non-hydrogen) atoms. The first-order chi connectivity index (χ1) is 10.9. The van der Waals surface area contributed by atoms with E-state index in [-0.39, 0.29) is 6.54 Å². The van der Waals surface area contributed by atoms with Gasteiger partial charge in [-0.2, -0.15) is 18.3 Å². The lowest BCUT2D eigenvalue weighted by atomic mass is 10.1. The molecule has 0 saturated carbocycles. The van der Waals surface area contributed by atoms with Crippen molar-refractivity contribution in [1.29, 1.82) is 0 Å². The van der Waals surface area contributed by atoms with Crippen molar-refractivity contribution in [2.75, 3.05) is 6.54 Å². The fourth-order valence-corrected chi connectivity index (χ4v) is 2.54. The predicted octanol–water partition coefficient (Wildman–Crippen LogP) is 2.96. The zero-order chi connectivity index (χ0) is 16.4. The number of benzene rings is 1. The Bertz CT molecular complexity index is 776. The molecule has 3 aromatic rings. The average molecular weight is 323 g/mol. The van der Waals surface area contributed by atoms with E-state index in [1.807, 2.05) is 31.2 Å². The van der Waals surface area contributed by atoms with Gasteiger partial charge in [0.1, 0.15) is 12.7 Å². The smallest absolute Gasteiger partial charge is 0.357 e. The molecule has 0 aliphatic heterocycles. The first-order valence-electron chi connectivity index (χ1n) is 7.14. The van der Waals surface area contributed by atoms with Crippen LogP contribution in [0.5, 0.6) is 0 Å². The van der Waals surface area contributed by atoms with Crippen LogP contribution in [-0.2, 0) is 6.54 Å². The number of nitrogens with one attached hydrogen (secondary N) is 2. The molecular weight excluding hydrogens is 307 g/mol. The number of fused-ring (bicyclic) bond motifs is 1. The molecule has 3 rings (SSSR count). The Kier molecular flexibility index (Phi) is 4.08. The number of aromatic nitrogens is 4. The molecular formula is C15H16F3N5. The van der Waals surface area contributed by atoms with Crippen LogP contribution >= 0.6 is 0 Å². The Hall–Kier alpha value is -2.35. The van der Waals surface area contributed by atoms with E-state index in [0.29, 0.717) is 6.54 Å². The number of hydrogen-bond donors (Lipinski definition) is 2. The summed E-state index contributed by atoms with van der Waals surface area (Å²) in [5.41, 5.74) is 2.94. The van der Waals surface area contributed by atoms with Crippen LogP contribution in [0.2, 0.25) is 0 Å². The van der Waals surface area contributed by atoms with Gasteiger partial charge in [0.05, 0.1) is 0 Å². The van der Waals surface area contributed by atoms with Gasteiger partial charge in [-0.05, 0) is 24.6 Å². The molecule has 0 saturated heterocycles. The number of aromatic amines is 1. The third-order valence-corrected chi connectivity index (χ3v) is 3.72. The van der Waals surface area contributed by atoms with Gasteiger partial charge in [0.25, 0.3) is 0 Å². The summed E-state index contributed by atoms with van der Waals surface area (Å²) < 4.78 is 40.1. The van der Waals surface area contributed by atoms with Gasteiger partial charge < -0.3 is 10.3 Å². The number of aryl methyl sites for hydroxylation is 1. The van der Waals surface area contributed by atoms with Crippen molar-refractivity contribution in [3.05, 3.63) is 48.2 Å². The largest absolute Gasteiger partial charge is 0.412 e. The molecule has 1 unspecified atom stereocenters. The monoisotopic (exact) mass is 323 g/mol. The van der Waals surface area contributed by atoms with Crippen LogP contribution in [0.1, 0.15) is 17.3 Å². The molecule has 2 N–H and O–H groups in total. The number of alkyl halides is 3. The molecule has 5 nitrogen and oxygen atoms in total. The quantitative estimate of drug-likeness (QED) is 0.759. The minimum atomic E-state index is -4.39.